The maximum atomic E-state index is 12.0. The highest BCUT2D eigenvalue weighted by atomic mass is 16.5. The zero-order valence-corrected chi connectivity index (χ0v) is 10.7. The van der Waals surface area contributed by atoms with E-state index in [0.29, 0.717) is 19.4 Å². The quantitative estimate of drug-likeness (QED) is 0.770. The van der Waals surface area contributed by atoms with E-state index in [1.54, 1.807) is 0 Å². The minimum atomic E-state index is -0.833. The molecule has 0 radical (unpaired) electrons. The average Bonchev–Trinajstić information content (AvgIpc) is 2.65. The molecule has 18 heavy (non-hydrogen) atoms. The number of allylic oxidation sites excluding steroid dienone is 2. The average molecular weight is 250 g/mol. The van der Waals surface area contributed by atoms with Crippen molar-refractivity contribution in [3.63, 3.8) is 0 Å². The lowest BCUT2D eigenvalue weighted by atomic mass is 10.00. The van der Waals surface area contributed by atoms with Gasteiger partial charge in [-0.15, -0.1) is 0 Å². The van der Waals surface area contributed by atoms with Gasteiger partial charge in [-0.05, 0) is 19.4 Å². The van der Waals surface area contributed by atoms with E-state index < -0.39 is 11.8 Å². The molecule has 2 atom stereocenters. The summed E-state index contributed by atoms with van der Waals surface area (Å²) in [4.78, 5) is 25.3. The monoisotopic (exact) mass is 250 g/mol. The van der Waals surface area contributed by atoms with Crippen LogP contribution in [0.1, 0.15) is 26.7 Å². The number of ether oxygens (including phenoxy) is 1. The Labute approximate surface area is 106 Å². The summed E-state index contributed by atoms with van der Waals surface area (Å²) in [7, 11) is 0. The molecule has 0 saturated carbocycles. The van der Waals surface area contributed by atoms with E-state index in [1.807, 2.05) is 38.2 Å². The molecule has 5 heteroatoms. The Kier molecular flexibility index (Phi) is 3.52. The molecule has 1 heterocycles. The fourth-order valence-electron chi connectivity index (χ4n) is 2.51. The second kappa shape index (κ2) is 4.94. The van der Waals surface area contributed by atoms with Gasteiger partial charge in [-0.25, -0.2) is 4.79 Å². The zero-order chi connectivity index (χ0) is 13.2. The van der Waals surface area contributed by atoms with Crippen molar-refractivity contribution in [1.29, 1.82) is 0 Å². The molecule has 1 fully saturated rings. The van der Waals surface area contributed by atoms with Gasteiger partial charge in [-0.2, -0.15) is 0 Å². The number of rotatable bonds is 4. The first-order chi connectivity index (χ1) is 8.64. The van der Waals surface area contributed by atoms with E-state index in [4.69, 9.17) is 4.74 Å². The second-order valence-electron chi connectivity index (χ2n) is 4.36. The number of urea groups is 1. The molecule has 5 nitrogen and oxygen atoms in total. The third-order valence-corrected chi connectivity index (χ3v) is 3.27. The summed E-state index contributed by atoms with van der Waals surface area (Å²) < 4.78 is 5.78. The molecule has 1 saturated heterocycles. The number of hydrogen-bond acceptors (Lipinski definition) is 3. The molecule has 2 unspecified atom stereocenters. The van der Waals surface area contributed by atoms with Crippen molar-refractivity contribution < 1.29 is 14.3 Å². The van der Waals surface area contributed by atoms with Gasteiger partial charge in [0, 0.05) is 13.0 Å². The molecule has 98 valence electrons. The van der Waals surface area contributed by atoms with E-state index in [0.717, 1.165) is 0 Å². The standard InChI is InChI=1S/C13H18N2O3/c1-3-10-11(16)14-12(17)15(10)13(18-4-2)8-6-5-7-9-13/h5-8,10H,3-4,9H2,1-2H3,(H,14,16,17). The van der Waals surface area contributed by atoms with Gasteiger partial charge in [0.2, 0.25) is 0 Å². The summed E-state index contributed by atoms with van der Waals surface area (Å²) in [6, 6.07) is -0.833. The molecule has 0 aromatic rings. The summed E-state index contributed by atoms with van der Waals surface area (Å²) in [5, 5.41) is 2.36. The molecule has 1 N–H and O–H groups in total. The van der Waals surface area contributed by atoms with Gasteiger partial charge >= 0.3 is 6.03 Å². The summed E-state index contributed by atoms with van der Waals surface area (Å²) in [6.07, 6.45) is 8.68. The van der Waals surface area contributed by atoms with Crippen LogP contribution in [0.5, 0.6) is 0 Å². The zero-order valence-electron chi connectivity index (χ0n) is 10.7. The molecule has 3 amide bonds. The molecule has 0 aromatic heterocycles. The van der Waals surface area contributed by atoms with Crippen LogP contribution in [-0.2, 0) is 9.53 Å². The number of nitrogens with zero attached hydrogens (tertiary/aromatic N) is 1. The Balaban J connectivity index is 2.36. The van der Waals surface area contributed by atoms with E-state index >= 15 is 0 Å². The van der Waals surface area contributed by atoms with Gasteiger partial charge in [-0.3, -0.25) is 15.0 Å². The van der Waals surface area contributed by atoms with E-state index in [9.17, 15) is 9.59 Å². The van der Waals surface area contributed by atoms with Crippen LogP contribution in [0.25, 0.3) is 0 Å². The van der Waals surface area contributed by atoms with Crippen molar-refractivity contribution in [3.8, 4) is 0 Å². The van der Waals surface area contributed by atoms with Crippen LogP contribution in [0.3, 0.4) is 0 Å². The topological polar surface area (TPSA) is 58.6 Å². The fourth-order valence-corrected chi connectivity index (χ4v) is 2.51. The maximum absolute atomic E-state index is 12.0. The van der Waals surface area contributed by atoms with Crippen molar-refractivity contribution in [2.75, 3.05) is 6.61 Å². The molecular formula is C13H18N2O3. The SMILES string of the molecule is CCOC1(N2C(=O)NC(=O)C2CC)C=CC=CC1. The molecule has 0 aromatic carbocycles. The van der Waals surface area contributed by atoms with Gasteiger partial charge in [0.25, 0.3) is 5.91 Å². The van der Waals surface area contributed by atoms with Crippen LogP contribution in [0.2, 0.25) is 0 Å². The number of hydrogen-bond donors (Lipinski definition) is 1. The first kappa shape index (κ1) is 12.8. The smallest absolute Gasteiger partial charge is 0.327 e. The molecular weight excluding hydrogens is 232 g/mol. The third kappa shape index (κ3) is 1.95. The van der Waals surface area contributed by atoms with Gasteiger partial charge in [0.1, 0.15) is 6.04 Å². The minimum absolute atomic E-state index is 0.246. The number of amides is 3. The highest BCUT2D eigenvalue weighted by Gasteiger charge is 2.49. The number of carbonyl (C=O) groups is 2. The van der Waals surface area contributed by atoms with Crippen molar-refractivity contribution in [2.24, 2.45) is 0 Å². The van der Waals surface area contributed by atoms with Crippen LogP contribution in [0, 0.1) is 0 Å². The van der Waals surface area contributed by atoms with Crippen LogP contribution >= 0.6 is 0 Å². The van der Waals surface area contributed by atoms with Crippen molar-refractivity contribution in [1.82, 2.24) is 10.2 Å². The summed E-state index contributed by atoms with van der Waals surface area (Å²) in [6.45, 7) is 4.25. The van der Waals surface area contributed by atoms with Crippen LogP contribution in [0.4, 0.5) is 4.79 Å². The van der Waals surface area contributed by atoms with Crippen molar-refractivity contribution in [2.45, 2.75) is 38.5 Å². The van der Waals surface area contributed by atoms with E-state index in [-0.39, 0.29) is 11.9 Å². The highest BCUT2D eigenvalue weighted by Crippen LogP contribution is 2.32. The highest BCUT2D eigenvalue weighted by molar-refractivity contribution is 6.04. The molecule has 0 spiro atoms. The lowest BCUT2D eigenvalue weighted by molar-refractivity contribution is -0.131. The van der Waals surface area contributed by atoms with Gasteiger partial charge in [0.15, 0.2) is 5.72 Å². The predicted octanol–water partition coefficient (Wildman–Crippen LogP) is 1.57. The number of imide groups is 1. The molecule has 2 aliphatic rings. The second-order valence-corrected chi connectivity index (χ2v) is 4.36. The van der Waals surface area contributed by atoms with E-state index in [2.05, 4.69) is 5.32 Å². The lowest BCUT2D eigenvalue weighted by Crippen LogP contribution is -2.54. The van der Waals surface area contributed by atoms with Gasteiger partial charge < -0.3 is 4.74 Å². The predicted molar refractivity (Wildman–Crippen MR) is 66.7 cm³/mol. The van der Waals surface area contributed by atoms with Crippen LogP contribution in [-0.4, -0.2) is 35.2 Å². The Bertz CT molecular complexity index is 416. The molecule has 2 rings (SSSR count). The number of nitrogens with one attached hydrogen (secondary N) is 1. The van der Waals surface area contributed by atoms with E-state index in [1.165, 1.54) is 4.90 Å². The number of carbonyl (C=O) groups excluding carboxylic acids is 2. The fraction of sp³-hybridized carbons (Fsp3) is 0.538. The molecule has 1 aliphatic carbocycles. The van der Waals surface area contributed by atoms with Crippen molar-refractivity contribution in [3.05, 3.63) is 24.3 Å². The van der Waals surface area contributed by atoms with Crippen LogP contribution < -0.4 is 5.32 Å². The maximum Gasteiger partial charge on any atom is 0.327 e. The van der Waals surface area contributed by atoms with Crippen molar-refractivity contribution >= 4 is 11.9 Å². The summed E-state index contributed by atoms with van der Waals surface area (Å²) in [5.41, 5.74) is -0.833. The summed E-state index contributed by atoms with van der Waals surface area (Å²) in [5.74, 6) is -0.246. The Hall–Kier alpha value is -1.62. The Morgan fingerprint density at radius 1 is 1.44 bits per heavy atom. The summed E-state index contributed by atoms with van der Waals surface area (Å²) >= 11 is 0. The third-order valence-electron chi connectivity index (χ3n) is 3.27. The first-order valence-corrected chi connectivity index (χ1v) is 6.27. The molecule has 0 bridgehead atoms. The first-order valence-electron chi connectivity index (χ1n) is 6.27. The lowest BCUT2D eigenvalue weighted by Gasteiger charge is -2.41. The minimum Gasteiger partial charge on any atom is -0.352 e. The Morgan fingerprint density at radius 3 is 2.78 bits per heavy atom. The van der Waals surface area contributed by atoms with Crippen LogP contribution in [0.15, 0.2) is 24.3 Å². The van der Waals surface area contributed by atoms with Gasteiger partial charge in [0.05, 0.1) is 0 Å². The Morgan fingerprint density at radius 2 is 2.22 bits per heavy atom. The largest absolute Gasteiger partial charge is 0.352 e. The normalized spacial score (nSPS) is 31.0. The molecule has 1 aliphatic heterocycles. The van der Waals surface area contributed by atoms with Gasteiger partial charge in [-0.1, -0.05) is 25.2 Å².